The van der Waals surface area contributed by atoms with Gasteiger partial charge < -0.3 is 5.32 Å². The van der Waals surface area contributed by atoms with Crippen LogP contribution in [0.4, 0.5) is 0 Å². The number of hydrogen-bond acceptors (Lipinski definition) is 2. The molecule has 1 aromatic rings. The largest absolute Gasteiger partial charge is 0.306 e. The molecule has 1 aromatic heterocycles. The first-order valence-corrected chi connectivity index (χ1v) is 5.92. The molecule has 0 bridgehead atoms. The van der Waals surface area contributed by atoms with Crippen molar-refractivity contribution >= 4 is 15.9 Å². The number of nitrogens with zero attached hydrogens (tertiary/aromatic N) is 1. The molecule has 1 heterocycles. The Kier molecular flexibility index (Phi) is 4.99. The second-order valence-corrected chi connectivity index (χ2v) is 4.60. The molecule has 0 saturated carbocycles. The molecule has 1 atom stereocenters. The van der Waals surface area contributed by atoms with Crippen LogP contribution in [0, 0.1) is 0 Å². The van der Waals surface area contributed by atoms with Crippen molar-refractivity contribution in [2.45, 2.75) is 26.8 Å². The van der Waals surface area contributed by atoms with E-state index in [0.717, 1.165) is 16.7 Å². The zero-order valence-electron chi connectivity index (χ0n) is 9.42. The SMILES string of the molecule is CCNC(C=C(C)C)c1ccc(Br)cn1. The zero-order chi connectivity index (χ0) is 11.3. The molecule has 0 radical (unpaired) electrons. The van der Waals surface area contributed by atoms with Gasteiger partial charge in [-0.2, -0.15) is 0 Å². The van der Waals surface area contributed by atoms with Gasteiger partial charge in [0.15, 0.2) is 0 Å². The molecule has 0 aliphatic carbocycles. The molecule has 0 saturated heterocycles. The molecule has 0 aliphatic heterocycles. The van der Waals surface area contributed by atoms with Gasteiger partial charge in [-0.3, -0.25) is 4.98 Å². The number of hydrogen-bond donors (Lipinski definition) is 1. The van der Waals surface area contributed by atoms with E-state index < -0.39 is 0 Å². The average molecular weight is 269 g/mol. The first-order chi connectivity index (χ1) is 7.13. The summed E-state index contributed by atoms with van der Waals surface area (Å²) in [6.07, 6.45) is 4.03. The number of likely N-dealkylation sites (N-methyl/N-ethyl adjacent to an activating group) is 1. The van der Waals surface area contributed by atoms with Crippen molar-refractivity contribution in [3.05, 3.63) is 40.1 Å². The number of halogens is 1. The van der Waals surface area contributed by atoms with Crippen LogP contribution in [0.25, 0.3) is 0 Å². The molecule has 0 amide bonds. The van der Waals surface area contributed by atoms with E-state index in [1.165, 1.54) is 5.57 Å². The highest BCUT2D eigenvalue weighted by Crippen LogP contribution is 2.16. The van der Waals surface area contributed by atoms with Crippen molar-refractivity contribution in [3.63, 3.8) is 0 Å². The van der Waals surface area contributed by atoms with Crippen molar-refractivity contribution in [1.82, 2.24) is 10.3 Å². The summed E-state index contributed by atoms with van der Waals surface area (Å²) in [5.41, 5.74) is 2.35. The molecular formula is C12H17BrN2. The normalized spacial score (nSPS) is 12.3. The first-order valence-electron chi connectivity index (χ1n) is 5.13. The standard InChI is InChI=1S/C12H17BrN2/c1-4-14-12(7-9(2)3)11-6-5-10(13)8-15-11/h5-8,12,14H,4H2,1-3H3. The van der Waals surface area contributed by atoms with Crippen molar-refractivity contribution in [3.8, 4) is 0 Å². The Morgan fingerprint density at radius 1 is 1.53 bits per heavy atom. The third-order valence-corrected chi connectivity index (χ3v) is 2.46. The maximum atomic E-state index is 4.40. The van der Waals surface area contributed by atoms with Crippen LogP contribution in [0.15, 0.2) is 34.5 Å². The number of pyridine rings is 1. The van der Waals surface area contributed by atoms with E-state index in [1.807, 2.05) is 18.3 Å². The van der Waals surface area contributed by atoms with Crippen molar-refractivity contribution in [2.24, 2.45) is 0 Å². The molecule has 15 heavy (non-hydrogen) atoms. The predicted octanol–water partition coefficient (Wildman–Crippen LogP) is 3.46. The average Bonchev–Trinajstić information content (AvgIpc) is 2.17. The van der Waals surface area contributed by atoms with Crippen LogP contribution in [0.2, 0.25) is 0 Å². The van der Waals surface area contributed by atoms with Gasteiger partial charge in [0, 0.05) is 10.7 Å². The van der Waals surface area contributed by atoms with Gasteiger partial charge in [0.1, 0.15) is 0 Å². The number of rotatable bonds is 4. The minimum atomic E-state index is 0.216. The van der Waals surface area contributed by atoms with Gasteiger partial charge in [0.2, 0.25) is 0 Å². The smallest absolute Gasteiger partial charge is 0.0683 e. The summed E-state index contributed by atoms with van der Waals surface area (Å²) in [6.45, 7) is 7.24. The van der Waals surface area contributed by atoms with Gasteiger partial charge in [-0.1, -0.05) is 18.6 Å². The molecule has 0 spiro atoms. The highest BCUT2D eigenvalue weighted by molar-refractivity contribution is 9.10. The van der Waals surface area contributed by atoms with Gasteiger partial charge in [0.05, 0.1) is 11.7 Å². The fourth-order valence-corrected chi connectivity index (χ4v) is 1.61. The second-order valence-electron chi connectivity index (χ2n) is 3.68. The Morgan fingerprint density at radius 3 is 2.73 bits per heavy atom. The van der Waals surface area contributed by atoms with Crippen molar-refractivity contribution < 1.29 is 0 Å². The summed E-state index contributed by atoms with van der Waals surface area (Å²) in [5.74, 6) is 0. The number of nitrogens with one attached hydrogen (secondary N) is 1. The number of aromatic nitrogens is 1. The van der Waals surface area contributed by atoms with E-state index in [0.29, 0.717) is 0 Å². The predicted molar refractivity (Wildman–Crippen MR) is 67.8 cm³/mol. The van der Waals surface area contributed by atoms with E-state index in [9.17, 15) is 0 Å². The fourth-order valence-electron chi connectivity index (χ4n) is 1.37. The van der Waals surface area contributed by atoms with Gasteiger partial charge in [-0.15, -0.1) is 0 Å². The maximum absolute atomic E-state index is 4.40. The summed E-state index contributed by atoms with van der Waals surface area (Å²) in [5, 5.41) is 3.40. The lowest BCUT2D eigenvalue weighted by molar-refractivity contribution is 0.629. The fraction of sp³-hybridized carbons (Fsp3) is 0.417. The van der Waals surface area contributed by atoms with Gasteiger partial charge in [-0.05, 0) is 48.5 Å². The van der Waals surface area contributed by atoms with E-state index in [2.05, 4.69) is 53.1 Å². The van der Waals surface area contributed by atoms with Crippen molar-refractivity contribution in [2.75, 3.05) is 6.54 Å². The van der Waals surface area contributed by atoms with E-state index in [1.54, 1.807) is 0 Å². The van der Waals surface area contributed by atoms with Gasteiger partial charge in [-0.25, -0.2) is 0 Å². The number of allylic oxidation sites excluding steroid dienone is 1. The van der Waals surface area contributed by atoms with Crippen LogP contribution in [0.5, 0.6) is 0 Å². The minimum Gasteiger partial charge on any atom is -0.306 e. The Morgan fingerprint density at radius 2 is 2.27 bits per heavy atom. The molecule has 82 valence electrons. The van der Waals surface area contributed by atoms with E-state index in [-0.39, 0.29) is 6.04 Å². The molecule has 3 heteroatoms. The second kappa shape index (κ2) is 6.03. The Labute approximate surface area is 99.9 Å². The quantitative estimate of drug-likeness (QED) is 0.847. The van der Waals surface area contributed by atoms with Crippen LogP contribution < -0.4 is 5.32 Å². The minimum absolute atomic E-state index is 0.216. The molecule has 1 unspecified atom stereocenters. The monoisotopic (exact) mass is 268 g/mol. The van der Waals surface area contributed by atoms with Crippen LogP contribution in [0.3, 0.4) is 0 Å². The Bertz CT molecular complexity index is 326. The molecule has 0 aliphatic rings. The van der Waals surface area contributed by atoms with Crippen LogP contribution in [-0.2, 0) is 0 Å². The Hall–Kier alpha value is -0.670. The molecule has 0 fully saturated rings. The van der Waals surface area contributed by atoms with Gasteiger partial charge in [0.25, 0.3) is 0 Å². The summed E-state index contributed by atoms with van der Waals surface area (Å²) in [6, 6.07) is 4.27. The third kappa shape index (κ3) is 4.14. The molecular weight excluding hydrogens is 252 g/mol. The molecule has 2 nitrogen and oxygen atoms in total. The van der Waals surface area contributed by atoms with Crippen LogP contribution >= 0.6 is 15.9 Å². The highest BCUT2D eigenvalue weighted by atomic mass is 79.9. The Balaban J connectivity index is 2.88. The van der Waals surface area contributed by atoms with Crippen LogP contribution in [-0.4, -0.2) is 11.5 Å². The third-order valence-electron chi connectivity index (χ3n) is 1.99. The van der Waals surface area contributed by atoms with Crippen LogP contribution in [0.1, 0.15) is 32.5 Å². The maximum Gasteiger partial charge on any atom is 0.0683 e. The molecule has 0 aromatic carbocycles. The van der Waals surface area contributed by atoms with E-state index in [4.69, 9.17) is 0 Å². The summed E-state index contributed by atoms with van der Waals surface area (Å²) < 4.78 is 1.01. The van der Waals surface area contributed by atoms with E-state index >= 15 is 0 Å². The molecule has 1 N–H and O–H groups in total. The lowest BCUT2D eigenvalue weighted by Crippen LogP contribution is -2.20. The first kappa shape index (κ1) is 12.4. The lowest BCUT2D eigenvalue weighted by Gasteiger charge is -2.13. The highest BCUT2D eigenvalue weighted by Gasteiger charge is 2.07. The topological polar surface area (TPSA) is 24.9 Å². The molecule has 1 rings (SSSR count). The zero-order valence-corrected chi connectivity index (χ0v) is 11.0. The summed E-state index contributed by atoms with van der Waals surface area (Å²) in [7, 11) is 0. The summed E-state index contributed by atoms with van der Waals surface area (Å²) >= 11 is 3.39. The van der Waals surface area contributed by atoms with Gasteiger partial charge >= 0.3 is 0 Å². The van der Waals surface area contributed by atoms with Crippen molar-refractivity contribution in [1.29, 1.82) is 0 Å². The lowest BCUT2D eigenvalue weighted by atomic mass is 10.1. The summed E-state index contributed by atoms with van der Waals surface area (Å²) in [4.78, 5) is 4.40.